The first-order chi connectivity index (χ1) is 11.3. The van der Waals surface area contributed by atoms with Gasteiger partial charge in [0.05, 0.1) is 12.8 Å². The van der Waals surface area contributed by atoms with Crippen LogP contribution in [0, 0.1) is 0 Å². The molecule has 23 heavy (non-hydrogen) atoms. The van der Waals surface area contributed by atoms with E-state index in [-0.39, 0.29) is 6.03 Å². The fraction of sp³-hybridized carbons (Fsp3) is 0.533. The van der Waals surface area contributed by atoms with E-state index in [2.05, 4.69) is 20.4 Å². The molecule has 2 saturated heterocycles. The summed E-state index contributed by atoms with van der Waals surface area (Å²) in [5.41, 5.74) is 0. The third-order valence-electron chi connectivity index (χ3n) is 4.45. The second kappa shape index (κ2) is 6.04. The van der Waals surface area contributed by atoms with Gasteiger partial charge in [-0.25, -0.2) is 4.79 Å². The number of hydrogen-bond acceptors (Lipinski definition) is 6. The zero-order valence-corrected chi connectivity index (χ0v) is 12.8. The number of nitrogens with zero attached hydrogens (tertiary/aromatic N) is 4. The number of furan rings is 1. The molecule has 0 aliphatic carbocycles. The Kier molecular flexibility index (Phi) is 3.74. The SMILES string of the molecule is O=C1NCCN1C1CCN(Cc2nnc(-c3ccco3)o2)CC1. The summed E-state index contributed by atoms with van der Waals surface area (Å²) in [6.45, 7) is 4.06. The highest BCUT2D eigenvalue weighted by molar-refractivity contribution is 5.76. The lowest BCUT2D eigenvalue weighted by molar-refractivity contribution is 0.126. The van der Waals surface area contributed by atoms with E-state index in [1.165, 1.54) is 0 Å². The lowest BCUT2D eigenvalue weighted by Gasteiger charge is -2.35. The molecule has 8 nitrogen and oxygen atoms in total. The second-order valence-electron chi connectivity index (χ2n) is 5.91. The largest absolute Gasteiger partial charge is 0.459 e. The van der Waals surface area contributed by atoms with Crippen LogP contribution >= 0.6 is 0 Å². The Morgan fingerprint density at radius 2 is 2.13 bits per heavy atom. The quantitative estimate of drug-likeness (QED) is 0.915. The van der Waals surface area contributed by atoms with Gasteiger partial charge in [-0.15, -0.1) is 10.2 Å². The molecule has 0 bridgehead atoms. The second-order valence-corrected chi connectivity index (χ2v) is 5.91. The first-order valence-electron chi connectivity index (χ1n) is 7.93. The number of piperidine rings is 1. The zero-order chi connectivity index (χ0) is 15.6. The molecule has 0 saturated carbocycles. The van der Waals surface area contributed by atoms with Crippen molar-refractivity contribution in [3.63, 3.8) is 0 Å². The Morgan fingerprint density at radius 3 is 2.83 bits per heavy atom. The van der Waals surface area contributed by atoms with Gasteiger partial charge < -0.3 is 19.1 Å². The number of amides is 2. The van der Waals surface area contributed by atoms with E-state index in [9.17, 15) is 4.79 Å². The number of urea groups is 1. The van der Waals surface area contributed by atoms with Gasteiger partial charge in [0.1, 0.15) is 0 Å². The summed E-state index contributed by atoms with van der Waals surface area (Å²) in [4.78, 5) is 16.0. The van der Waals surface area contributed by atoms with Crippen LogP contribution in [-0.2, 0) is 6.54 Å². The number of likely N-dealkylation sites (tertiary alicyclic amines) is 1. The predicted molar refractivity (Wildman–Crippen MR) is 80.4 cm³/mol. The summed E-state index contributed by atoms with van der Waals surface area (Å²) in [6, 6.07) is 4.00. The van der Waals surface area contributed by atoms with E-state index in [0.717, 1.165) is 39.0 Å². The van der Waals surface area contributed by atoms with Gasteiger partial charge in [-0.1, -0.05) is 0 Å². The van der Waals surface area contributed by atoms with E-state index in [1.54, 1.807) is 18.4 Å². The number of rotatable bonds is 4. The van der Waals surface area contributed by atoms with Gasteiger partial charge in [-0.2, -0.15) is 0 Å². The van der Waals surface area contributed by atoms with Crippen molar-refractivity contribution in [3.8, 4) is 11.7 Å². The summed E-state index contributed by atoms with van der Waals surface area (Å²) in [5.74, 6) is 1.59. The third kappa shape index (κ3) is 2.94. The molecule has 1 N–H and O–H groups in total. The van der Waals surface area contributed by atoms with Crippen LogP contribution in [0.1, 0.15) is 18.7 Å². The maximum Gasteiger partial charge on any atom is 0.317 e. The fourth-order valence-electron chi connectivity index (χ4n) is 3.23. The molecule has 2 aromatic rings. The molecule has 0 spiro atoms. The number of hydrogen-bond donors (Lipinski definition) is 1. The highest BCUT2D eigenvalue weighted by atomic mass is 16.4. The first-order valence-corrected chi connectivity index (χ1v) is 7.93. The highest BCUT2D eigenvalue weighted by Gasteiger charge is 2.31. The van der Waals surface area contributed by atoms with Crippen molar-refractivity contribution in [1.82, 2.24) is 25.3 Å². The molecule has 122 valence electrons. The molecule has 2 aliphatic heterocycles. The molecule has 2 amide bonds. The van der Waals surface area contributed by atoms with Crippen LogP contribution in [0.5, 0.6) is 0 Å². The Bertz CT molecular complexity index is 660. The monoisotopic (exact) mass is 317 g/mol. The van der Waals surface area contributed by atoms with E-state index < -0.39 is 0 Å². The van der Waals surface area contributed by atoms with Crippen LogP contribution < -0.4 is 5.32 Å². The van der Waals surface area contributed by atoms with Crippen molar-refractivity contribution in [1.29, 1.82) is 0 Å². The molecule has 0 aromatic carbocycles. The number of carbonyl (C=O) groups is 1. The highest BCUT2D eigenvalue weighted by Crippen LogP contribution is 2.21. The van der Waals surface area contributed by atoms with Gasteiger partial charge in [0, 0.05) is 32.2 Å². The van der Waals surface area contributed by atoms with Crippen molar-refractivity contribution in [2.75, 3.05) is 26.2 Å². The van der Waals surface area contributed by atoms with Crippen LogP contribution in [-0.4, -0.2) is 58.2 Å². The maximum absolute atomic E-state index is 11.7. The van der Waals surface area contributed by atoms with Crippen molar-refractivity contribution >= 4 is 6.03 Å². The Labute approximate surface area is 133 Å². The summed E-state index contributed by atoms with van der Waals surface area (Å²) in [6.07, 6.45) is 3.54. The molecule has 4 rings (SSSR count). The molecule has 2 fully saturated rings. The molecular formula is C15H19N5O3. The van der Waals surface area contributed by atoms with Gasteiger partial charge in [0.15, 0.2) is 5.76 Å². The van der Waals surface area contributed by atoms with Gasteiger partial charge in [0.2, 0.25) is 5.89 Å². The average molecular weight is 317 g/mol. The topological polar surface area (TPSA) is 87.6 Å². The zero-order valence-electron chi connectivity index (χ0n) is 12.8. The molecule has 0 unspecified atom stereocenters. The summed E-state index contributed by atoms with van der Waals surface area (Å²) in [7, 11) is 0. The van der Waals surface area contributed by atoms with Crippen molar-refractivity contribution in [2.24, 2.45) is 0 Å². The number of aromatic nitrogens is 2. The van der Waals surface area contributed by atoms with Gasteiger partial charge >= 0.3 is 6.03 Å². The van der Waals surface area contributed by atoms with E-state index in [1.807, 2.05) is 4.90 Å². The Hall–Kier alpha value is -2.35. The average Bonchev–Trinajstić information content (AvgIpc) is 3.29. The molecule has 8 heteroatoms. The van der Waals surface area contributed by atoms with Gasteiger partial charge in [-0.3, -0.25) is 4.90 Å². The molecular weight excluding hydrogens is 298 g/mol. The predicted octanol–water partition coefficient (Wildman–Crippen LogP) is 1.32. The van der Waals surface area contributed by atoms with E-state index in [0.29, 0.717) is 30.1 Å². The standard InChI is InChI=1S/C15H19N5O3/c21-15-16-5-8-20(15)11-3-6-19(7-4-11)10-13-17-18-14(23-13)12-2-1-9-22-12/h1-2,9,11H,3-8,10H2,(H,16,21). The molecule has 4 heterocycles. The number of carbonyl (C=O) groups excluding carboxylic acids is 1. The minimum absolute atomic E-state index is 0.0726. The molecule has 2 aromatic heterocycles. The Balaban J connectivity index is 1.32. The normalized spacial score (nSPS) is 20.2. The first kappa shape index (κ1) is 14.3. The summed E-state index contributed by atoms with van der Waals surface area (Å²) < 4.78 is 10.9. The molecule has 0 radical (unpaired) electrons. The fourth-order valence-corrected chi connectivity index (χ4v) is 3.23. The smallest absolute Gasteiger partial charge is 0.317 e. The van der Waals surface area contributed by atoms with Crippen molar-refractivity contribution < 1.29 is 13.6 Å². The van der Waals surface area contributed by atoms with E-state index in [4.69, 9.17) is 8.83 Å². The van der Waals surface area contributed by atoms with E-state index >= 15 is 0 Å². The lowest BCUT2D eigenvalue weighted by atomic mass is 10.0. The summed E-state index contributed by atoms with van der Waals surface area (Å²) in [5, 5.41) is 11.0. The van der Waals surface area contributed by atoms with Crippen LogP contribution in [0.25, 0.3) is 11.7 Å². The lowest BCUT2D eigenvalue weighted by Crippen LogP contribution is -2.45. The van der Waals surface area contributed by atoms with Crippen LogP contribution in [0.15, 0.2) is 27.2 Å². The van der Waals surface area contributed by atoms with Crippen molar-refractivity contribution in [2.45, 2.75) is 25.4 Å². The Morgan fingerprint density at radius 1 is 1.26 bits per heavy atom. The number of nitrogens with one attached hydrogen (secondary N) is 1. The summed E-state index contributed by atoms with van der Waals surface area (Å²) >= 11 is 0. The molecule has 0 atom stereocenters. The van der Waals surface area contributed by atoms with Crippen molar-refractivity contribution in [3.05, 3.63) is 24.3 Å². The van der Waals surface area contributed by atoms with Gasteiger partial charge in [0.25, 0.3) is 5.89 Å². The van der Waals surface area contributed by atoms with Crippen LogP contribution in [0.2, 0.25) is 0 Å². The van der Waals surface area contributed by atoms with Crippen LogP contribution in [0.3, 0.4) is 0 Å². The third-order valence-corrected chi connectivity index (χ3v) is 4.45. The minimum Gasteiger partial charge on any atom is -0.459 e. The van der Waals surface area contributed by atoms with Gasteiger partial charge in [-0.05, 0) is 25.0 Å². The minimum atomic E-state index is 0.0726. The molecule has 2 aliphatic rings. The van der Waals surface area contributed by atoms with Crippen LogP contribution in [0.4, 0.5) is 4.79 Å². The maximum atomic E-state index is 11.7.